The van der Waals surface area contributed by atoms with E-state index in [2.05, 4.69) is 10.6 Å². The Morgan fingerprint density at radius 1 is 0.875 bits per heavy atom. The molecule has 0 fully saturated rings. The van der Waals surface area contributed by atoms with Crippen LogP contribution in [0.4, 0.5) is 30.2 Å². The van der Waals surface area contributed by atoms with Crippen LogP contribution in [0.15, 0.2) is 42.5 Å². The monoisotopic (exact) mass is 567 g/mol. The van der Waals surface area contributed by atoms with Crippen molar-refractivity contribution in [3.05, 3.63) is 48.0 Å². The molecule has 0 aliphatic heterocycles. The van der Waals surface area contributed by atoms with E-state index < -0.39 is 40.0 Å². The number of halogens is 3. The summed E-state index contributed by atoms with van der Waals surface area (Å²) in [6, 6.07) is 9.80. The molecule has 0 aromatic heterocycles. The van der Waals surface area contributed by atoms with E-state index in [1.165, 1.54) is 25.4 Å². The first kappa shape index (κ1) is 32.9. The zero-order valence-electron chi connectivity index (χ0n) is 23.8. The molecule has 0 saturated heterocycles. The van der Waals surface area contributed by atoms with E-state index in [0.29, 0.717) is 43.2 Å². The van der Waals surface area contributed by atoms with Gasteiger partial charge in [0.15, 0.2) is 0 Å². The molecule has 2 aromatic carbocycles. The molecular formula is C29H40F3N3O5. The molecule has 8 nitrogen and oxygen atoms in total. The number of ether oxygens (including phenoxy) is 1. The highest BCUT2D eigenvalue weighted by atomic mass is 19.4. The molecule has 1 atom stereocenters. The third-order valence-corrected chi connectivity index (χ3v) is 7.99. The van der Waals surface area contributed by atoms with Crippen molar-refractivity contribution in [1.82, 2.24) is 0 Å². The van der Waals surface area contributed by atoms with E-state index in [-0.39, 0.29) is 18.0 Å². The fourth-order valence-electron chi connectivity index (χ4n) is 5.16. The first-order chi connectivity index (χ1) is 18.6. The van der Waals surface area contributed by atoms with E-state index in [1.54, 1.807) is 24.3 Å². The highest BCUT2D eigenvalue weighted by Crippen LogP contribution is 2.48. The van der Waals surface area contributed by atoms with Gasteiger partial charge in [-0.25, -0.2) is 0 Å². The second kappa shape index (κ2) is 12.9. The Hall–Kier alpha value is -3.31. The maximum atomic E-state index is 13.5. The number of benzene rings is 2. The van der Waals surface area contributed by atoms with Crippen molar-refractivity contribution < 1.29 is 37.8 Å². The molecule has 0 bridgehead atoms. The molecule has 2 rings (SSSR count). The van der Waals surface area contributed by atoms with Crippen molar-refractivity contribution >= 4 is 28.9 Å². The molecule has 2 amide bonds. The Labute approximate surface area is 233 Å². The van der Waals surface area contributed by atoms with Crippen LogP contribution in [0.2, 0.25) is 0 Å². The van der Waals surface area contributed by atoms with Crippen LogP contribution in [0, 0.1) is 5.41 Å². The topological polar surface area (TPSA) is 120 Å². The normalized spacial score (nSPS) is 13.8. The lowest BCUT2D eigenvalue weighted by Crippen LogP contribution is -2.57. The molecule has 11 heteroatoms. The Bertz CT molecular complexity index is 1160. The minimum absolute atomic E-state index is 0.175. The lowest BCUT2D eigenvalue weighted by atomic mass is 9.62. The second-order valence-corrected chi connectivity index (χ2v) is 10.3. The molecule has 5 N–H and O–H groups in total. The summed E-state index contributed by atoms with van der Waals surface area (Å²) < 4.78 is 46.9. The minimum atomic E-state index is -4.79. The highest BCUT2D eigenvalue weighted by Gasteiger charge is 2.53. The molecule has 1 unspecified atom stereocenters. The number of hydrogen-bond donors (Lipinski definition) is 5. The molecule has 0 spiro atoms. The number of rotatable bonds is 13. The Morgan fingerprint density at radius 2 is 1.43 bits per heavy atom. The van der Waals surface area contributed by atoms with Gasteiger partial charge in [-0.2, -0.15) is 13.2 Å². The molecule has 222 valence electrons. The zero-order chi connectivity index (χ0) is 30.4. The van der Waals surface area contributed by atoms with E-state index in [4.69, 9.17) is 9.94 Å². The average molecular weight is 568 g/mol. The van der Waals surface area contributed by atoms with Gasteiger partial charge in [0.05, 0.1) is 11.3 Å². The maximum absolute atomic E-state index is 13.5. The third kappa shape index (κ3) is 7.25. The van der Waals surface area contributed by atoms with Crippen LogP contribution in [0.1, 0.15) is 79.2 Å². The summed E-state index contributed by atoms with van der Waals surface area (Å²) in [4.78, 5) is 24.8. The summed E-state index contributed by atoms with van der Waals surface area (Å²) in [5.41, 5.74) is -3.54. The fourth-order valence-corrected chi connectivity index (χ4v) is 5.16. The number of aliphatic hydroxyl groups is 1. The van der Waals surface area contributed by atoms with Gasteiger partial charge < -0.3 is 20.5 Å². The number of nitrogens with one attached hydrogen (secondary N) is 3. The summed E-state index contributed by atoms with van der Waals surface area (Å²) in [7, 11) is 0. The number of anilines is 3. The lowest BCUT2D eigenvalue weighted by molar-refractivity contribution is -0.157. The number of hydrogen-bond acceptors (Lipinski definition) is 6. The Balaban J connectivity index is 2.40. The molecule has 0 heterocycles. The van der Waals surface area contributed by atoms with Gasteiger partial charge in [0, 0.05) is 23.7 Å². The van der Waals surface area contributed by atoms with Gasteiger partial charge in [-0.15, -0.1) is 0 Å². The van der Waals surface area contributed by atoms with Crippen LogP contribution < -0.4 is 20.9 Å². The maximum Gasteiger partial charge on any atom is 0.418 e. The summed E-state index contributed by atoms with van der Waals surface area (Å²) >= 11 is 0. The van der Waals surface area contributed by atoms with Gasteiger partial charge in [-0.05, 0) is 81.5 Å². The summed E-state index contributed by atoms with van der Waals surface area (Å²) in [5.74, 6) is -0.494. The molecule has 40 heavy (non-hydrogen) atoms. The first-order valence-electron chi connectivity index (χ1n) is 13.3. The van der Waals surface area contributed by atoms with Gasteiger partial charge >= 0.3 is 6.18 Å². The fraction of sp³-hybridized carbons (Fsp3) is 0.517. The summed E-state index contributed by atoms with van der Waals surface area (Å²) in [6.45, 7) is 10.4. The van der Waals surface area contributed by atoms with Gasteiger partial charge in [-0.1, -0.05) is 27.7 Å². The van der Waals surface area contributed by atoms with Gasteiger partial charge in [0.25, 0.3) is 5.91 Å². The molecule has 0 aliphatic carbocycles. The standard InChI is InChI=1S/C29H40F3N3O5/c1-7-27(8-2,18-28(9-3,10-4)40-22-14-11-20(12-15-22)33-19(5)36)26(6,38)25(37)34-21-13-16-24(35-39)23(17-21)29(30,31)32/h11-17,35,38-39H,7-10,18H2,1-6H3,(H,33,36)(H,34,37). The highest BCUT2D eigenvalue weighted by molar-refractivity contribution is 5.97. The number of carbonyl (C=O) groups excluding carboxylic acids is 2. The summed E-state index contributed by atoms with van der Waals surface area (Å²) in [5, 5.41) is 25.9. The van der Waals surface area contributed by atoms with Gasteiger partial charge in [0.1, 0.15) is 17.0 Å². The predicted molar refractivity (Wildman–Crippen MR) is 148 cm³/mol. The number of carbonyl (C=O) groups is 2. The largest absolute Gasteiger partial charge is 0.487 e. The average Bonchev–Trinajstić information content (AvgIpc) is 2.91. The smallest absolute Gasteiger partial charge is 0.418 e. The lowest BCUT2D eigenvalue weighted by Gasteiger charge is -2.49. The van der Waals surface area contributed by atoms with E-state index in [1.807, 2.05) is 27.7 Å². The van der Waals surface area contributed by atoms with Crippen molar-refractivity contribution in [2.24, 2.45) is 5.41 Å². The molecule has 0 saturated carbocycles. The third-order valence-electron chi connectivity index (χ3n) is 7.99. The van der Waals surface area contributed by atoms with Crippen LogP contribution in [0.5, 0.6) is 5.75 Å². The quantitative estimate of drug-likeness (QED) is 0.167. The first-order valence-corrected chi connectivity index (χ1v) is 13.3. The predicted octanol–water partition coefficient (Wildman–Crippen LogP) is 6.99. The molecule has 0 radical (unpaired) electrons. The second-order valence-electron chi connectivity index (χ2n) is 10.3. The molecule has 0 aliphatic rings. The van der Waals surface area contributed by atoms with Crippen LogP contribution in [0.3, 0.4) is 0 Å². The van der Waals surface area contributed by atoms with Crippen molar-refractivity contribution in [3.63, 3.8) is 0 Å². The Morgan fingerprint density at radius 3 is 1.88 bits per heavy atom. The van der Waals surface area contributed by atoms with Gasteiger partial charge in [-0.3, -0.25) is 20.3 Å². The number of alkyl halides is 3. The van der Waals surface area contributed by atoms with Crippen molar-refractivity contribution in [2.75, 3.05) is 16.1 Å². The van der Waals surface area contributed by atoms with E-state index in [9.17, 15) is 27.9 Å². The Kier molecular flexibility index (Phi) is 10.6. The number of amides is 2. The SMILES string of the molecule is CCC(CC)(CC(CC)(CC)C(C)(O)C(=O)Nc1ccc(NO)c(C(F)(F)F)c1)Oc1ccc(NC(C)=O)cc1. The van der Waals surface area contributed by atoms with Crippen molar-refractivity contribution in [3.8, 4) is 5.75 Å². The van der Waals surface area contributed by atoms with Crippen molar-refractivity contribution in [2.45, 2.75) is 91.0 Å². The summed E-state index contributed by atoms with van der Waals surface area (Å²) in [6.07, 6.45) is -2.61. The van der Waals surface area contributed by atoms with Crippen LogP contribution >= 0.6 is 0 Å². The molecule has 2 aromatic rings. The van der Waals surface area contributed by atoms with Crippen LogP contribution in [0.25, 0.3) is 0 Å². The van der Waals surface area contributed by atoms with E-state index >= 15 is 0 Å². The van der Waals surface area contributed by atoms with Crippen molar-refractivity contribution in [1.29, 1.82) is 0 Å². The van der Waals surface area contributed by atoms with Gasteiger partial charge in [0.2, 0.25) is 5.91 Å². The minimum Gasteiger partial charge on any atom is -0.487 e. The van der Waals surface area contributed by atoms with Crippen LogP contribution in [-0.4, -0.2) is 33.3 Å². The van der Waals surface area contributed by atoms with E-state index in [0.717, 1.165) is 6.07 Å². The molecular weight excluding hydrogens is 527 g/mol. The van der Waals surface area contributed by atoms with Crippen LogP contribution in [-0.2, 0) is 15.8 Å². The zero-order valence-corrected chi connectivity index (χ0v) is 23.8.